The van der Waals surface area contributed by atoms with Gasteiger partial charge in [0.1, 0.15) is 17.4 Å². The summed E-state index contributed by atoms with van der Waals surface area (Å²) in [5.74, 6) is 0.425. The Morgan fingerprint density at radius 3 is 2.74 bits per heavy atom. The summed E-state index contributed by atoms with van der Waals surface area (Å²) in [7, 11) is 1.53. The number of ether oxygens (including phenoxy) is 2. The summed E-state index contributed by atoms with van der Waals surface area (Å²) in [6, 6.07) is 10.2. The molecule has 0 atom stereocenters. The first-order chi connectivity index (χ1) is 18.5. The van der Waals surface area contributed by atoms with Gasteiger partial charge in [0.2, 0.25) is 0 Å². The summed E-state index contributed by atoms with van der Waals surface area (Å²) < 4.78 is 25.4. The molecule has 1 N–H and O–H groups in total. The van der Waals surface area contributed by atoms with Crippen molar-refractivity contribution in [3.05, 3.63) is 74.4 Å². The van der Waals surface area contributed by atoms with Gasteiger partial charge in [-0.05, 0) is 67.9 Å². The monoisotopic (exact) mass is 554 g/mol. The highest BCUT2D eigenvalue weighted by molar-refractivity contribution is 7.16. The third-order valence-electron chi connectivity index (χ3n) is 7.23. The number of benzene rings is 2. The fourth-order valence-corrected chi connectivity index (χ4v) is 6.74. The number of amides is 1. The van der Waals surface area contributed by atoms with Gasteiger partial charge >= 0.3 is 0 Å². The second-order valence-electron chi connectivity index (χ2n) is 9.87. The van der Waals surface area contributed by atoms with Gasteiger partial charge in [-0.3, -0.25) is 4.79 Å². The van der Waals surface area contributed by atoms with E-state index in [1.54, 1.807) is 47.9 Å². The Bertz CT molecular complexity index is 1330. The molecule has 0 unspecified atom stereocenters. The zero-order valence-corrected chi connectivity index (χ0v) is 23.1. The van der Waals surface area contributed by atoms with Crippen molar-refractivity contribution in [1.82, 2.24) is 5.32 Å². The van der Waals surface area contributed by atoms with Crippen molar-refractivity contribution in [2.45, 2.75) is 70.4 Å². The van der Waals surface area contributed by atoms with Crippen molar-refractivity contribution in [3.63, 3.8) is 0 Å². The number of hydrogen-bond donors (Lipinski definition) is 1. The fourth-order valence-electron chi connectivity index (χ4n) is 5.23. The van der Waals surface area contributed by atoms with Gasteiger partial charge in [-0.25, -0.2) is 9.38 Å². The van der Waals surface area contributed by atoms with E-state index in [4.69, 9.17) is 26.1 Å². The second kappa shape index (κ2) is 12.3. The van der Waals surface area contributed by atoms with E-state index in [1.165, 1.54) is 37.3 Å². The van der Waals surface area contributed by atoms with Crippen LogP contribution >= 0.6 is 22.9 Å². The SMILES string of the molecule is COc1cc(C=Nc2sc3c(c2C(=O)NC2CCCCC2)CCCC3)cc(Cl)c1OCc1ccccc1F. The number of carbonyl (C=O) groups excluding carboxylic acids is 1. The van der Waals surface area contributed by atoms with Crippen LogP contribution in [0.2, 0.25) is 5.02 Å². The lowest BCUT2D eigenvalue weighted by molar-refractivity contribution is 0.0927. The number of halogens is 2. The molecule has 0 radical (unpaired) electrons. The van der Waals surface area contributed by atoms with Crippen LogP contribution in [0.4, 0.5) is 9.39 Å². The van der Waals surface area contributed by atoms with Crippen molar-refractivity contribution in [2.24, 2.45) is 4.99 Å². The van der Waals surface area contributed by atoms with E-state index in [-0.39, 0.29) is 24.4 Å². The third kappa shape index (κ3) is 6.05. The summed E-state index contributed by atoms with van der Waals surface area (Å²) in [4.78, 5) is 19.5. The largest absolute Gasteiger partial charge is 0.493 e. The highest BCUT2D eigenvalue weighted by atomic mass is 35.5. The zero-order valence-electron chi connectivity index (χ0n) is 21.5. The van der Waals surface area contributed by atoms with Crippen LogP contribution in [-0.2, 0) is 19.4 Å². The Morgan fingerprint density at radius 2 is 1.95 bits per heavy atom. The van der Waals surface area contributed by atoms with Gasteiger partial charge in [-0.2, -0.15) is 0 Å². The van der Waals surface area contributed by atoms with Gasteiger partial charge in [0.05, 0.1) is 17.7 Å². The zero-order chi connectivity index (χ0) is 26.5. The van der Waals surface area contributed by atoms with Crippen LogP contribution in [0.25, 0.3) is 0 Å². The molecule has 2 aliphatic carbocycles. The molecule has 1 aromatic heterocycles. The molecule has 0 bridgehead atoms. The number of fused-ring (bicyclic) bond motifs is 1. The minimum Gasteiger partial charge on any atom is -0.493 e. The van der Waals surface area contributed by atoms with E-state index in [2.05, 4.69) is 5.32 Å². The molecule has 0 spiro atoms. The first-order valence-corrected chi connectivity index (χ1v) is 14.5. The summed E-state index contributed by atoms with van der Waals surface area (Å²) in [5, 5.41) is 4.36. The van der Waals surface area contributed by atoms with Gasteiger partial charge in [0, 0.05) is 22.7 Å². The topological polar surface area (TPSA) is 59.9 Å². The number of aryl methyl sites for hydroxylation is 1. The van der Waals surface area contributed by atoms with Crippen LogP contribution < -0.4 is 14.8 Å². The molecule has 2 aliphatic rings. The van der Waals surface area contributed by atoms with Gasteiger partial charge in [-0.15, -0.1) is 11.3 Å². The van der Waals surface area contributed by atoms with E-state index in [0.717, 1.165) is 60.2 Å². The molecule has 0 aliphatic heterocycles. The number of hydrogen-bond acceptors (Lipinski definition) is 5. The van der Waals surface area contributed by atoms with Crippen molar-refractivity contribution in [1.29, 1.82) is 0 Å². The lowest BCUT2D eigenvalue weighted by Gasteiger charge is -2.23. The number of nitrogens with zero attached hydrogens (tertiary/aromatic N) is 1. The molecule has 1 amide bonds. The Balaban J connectivity index is 1.38. The maximum atomic E-state index is 14.0. The summed E-state index contributed by atoms with van der Waals surface area (Å²) in [6.45, 7) is 0.0242. The third-order valence-corrected chi connectivity index (χ3v) is 8.71. The molecule has 1 saturated carbocycles. The first kappa shape index (κ1) is 26.7. The molecule has 5 rings (SSSR count). The normalized spacial score (nSPS) is 15.9. The van der Waals surface area contributed by atoms with E-state index in [9.17, 15) is 9.18 Å². The Morgan fingerprint density at radius 1 is 1.16 bits per heavy atom. The first-order valence-electron chi connectivity index (χ1n) is 13.3. The standard InChI is InChI=1S/C30H32ClFN2O3S/c1-36-25-16-19(15-23(31)28(25)37-18-20-9-5-7-13-24(20)32)17-33-30-27(22-12-6-8-14-26(22)38-30)29(35)34-21-10-3-2-4-11-21/h5,7,9,13,15-17,21H,2-4,6,8,10-12,14,18H2,1H3,(H,34,35). The van der Waals surface area contributed by atoms with E-state index < -0.39 is 0 Å². The lowest BCUT2D eigenvalue weighted by atomic mass is 9.93. The maximum absolute atomic E-state index is 14.0. The van der Waals surface area contributed by atoms with Crippen LogP contribution in [0.15, 0.2) is 41.4 Å². The lowest BCUT2D eigenvalue weighted by Crippen LogP contribution is -2.36. The van der Waals surface area contributed by atoms with Crippen LogP contribution in [0.5, 0.6) is 11.5 Å². The smallest absolute Gasteiger partial charge is 0.254 e. The molecule has 0 saturated heterocycles. The van der Waals surface area contributed by atoms with E-state index >= 15 is 0 Å². The predicted octanol–water partition coefficient (Wildman–Crippen LogP) is 7.82. The highest BCUT2D eigenvalue weighted by Gasteiger charge is 2.27. The molecule has 1 fully saturated rings. The molecule has 8 heteroatoms. The molecule has 200 valence electrons. The second-order valence-corrected chi connectivity index (χ2v) is 11.4. The molecule has 5 nitrogen and oxygen atoms in total. The summed E-state index contributed by atoms with van der Waals surface area (Å²) >= 11 is 8.16. The summed E-state index contributed by atoms with van der Waals surface area (Å²) in [6.07, 6.45) is 11.5. The van der Waals surface area contributed by atoms with Gasteiger partial charge < -0.3 is 14.8 Å². The number of rotatable bonds is 8. The van der Waals surface area contributed by atoms with Crippen LogP contribution in [0, 0.1) is 5.82 Å². The van der Waals surface area contributed by atoms with E-state index in [1.807, 2.05) is 0 Å². The fraction of sp³-hybridized carbons (Fsp3) is 0.400. The Kier molecular flexibility index (Phi) is 8.65. The number of thiophene rings is 1. The number of aliphatic imine (C=N–C) groups is 1. The number of carbonyl (C=O) groups is 1. The molecule has 2 aromatic carbocycles. The molecule has 38 heavy (non-hydrogen) atoms. The summed E-state index contributed by atoms with van der Waals surface area (Å²) in [5.41, 5.74) is 3.04. The van der Waals surface area contributed by atoms with Crippen LogP contribution in [0.1, 0.15) is 76.9 Å². The average molecular weight is 555 g/mol. The molecular weight excluding hydrogens is 523 g/mol. The highest BCUT2D eigenvalue weighted by Crippen LogP contribution is 2.41. The average Bonchev–Trinajstić information content (AvgIpc) is 3.31. The predicted molar refractivity (Wildman–Crippen MR) is 151 cm³/mol. The van der Waals surface area contributed by atoms with Gasteiger partial charge in [0.25, 0.3) is 5.91 Å². The van der Waals surface area contributed by atoms with Gasteiger partial charge in [-0.1, -0.05) is 49.1 Å². The van der Waals surface area contributed by atoms with Gasteiger partial charge in [0.15, 0.2) is 11.5 Å². The van der Waals surface area contributed by atoms with Crippen LogP contribution in [-0.4, -0.2) is 25.3 Å². The van der Waals surface area contributed by atoms with Crippen molar-refractivity contribution in [2.75, 3.05) is 7.11 Å². The number of methoxy groups -OCH3 is 1. The number of nitrogens with one attached hydrogen (secondary N) is 1. The molecule has 1 heterocycles. The minimum absolute atomic E-state index is 0.00375. The van der Waals surface area contributed by atoms with Crippen molar-refractivity contribution >= 4 is 40.1 Å². The van der Waals surface area contributed by atoms with Crippen molar-refractivity contribution < 1.29 is 18.7 Å². The Labute approximate surface area is 232 Å². The van der Waals surface area contributed by atoms with E-state index in [0.29, 0.717) is 22.1 Å². The van der Waals surface area contributed by atoms with Crippen molar-refractivity contribution in [3.8, 4) is 11.5 Å². The molecular formula is C30H32ClFN2O3S. The minimum atomic E-state index is -0.340. The van der Waals surface area contributed by atoms with Crippen LogP contribution in [0.3, 0.4) is 0 Å². The quantitative estimate of drug-likeness (QED) is 0.289. The molecule has 3 aromatic rings. The Hall–Kier alpha value is -2.90. The maximum Gasteiger partial charge on any atom is 0.254 e.